The molecule has 2 unspecified atom stereocenters. The molecule has 0 radical (unpaired) electrons. The zero-order chi connectivity index (χ0) is 26.1. The van der Waals surface area contributed by atoms with E-state index in [1.165, 1.54) is 36.3 Å². The van der Waals surface area contributed by atoms with Crippen molar-refractivity contribution in [3.8, 4) is 0 Å². The van der Waals surface area contributed by atoms with Crippen LogP contribution in [0.1, 0.15) is 84.9 Å². The van der Waals surface area contributed by atoms with Gasteiger partial charge >= 0.3 is 233 Å². The summed E-state index contributed by atoms with van der Waals surface area (Å²) in [6, 6.07) is 27.4. The topological polar surface area (TPSA) is 0 Å². The van der Waals surface area contributed by atoms with Crippen LogP contribution in [0.3, 0.4) is 0 Å². The van der Waals surface area contributed by atoms with Crippen LogP contribution in [0.4, 0.5) is 0 Å². The Morgan fingerprint density at radius 3 is 1.18 bits per heavy atom. The van der Waals surface area contributed by atoms with Crippen LogP contribution >= 0.6 is 0 Å². The fraction of sp³-hybridized carbons (Fsp3) is 0.485. The van der Waals surface area contributed by atoms with Gasteiger partial charge in [-0.1, -0.05) is 0 Å². The molecule has 0 spiro atoms. The Kier molecular flexibility index (Phi) is 12.5. The van der Waals surface area contributed by atoms with Crippen molar-refractivity contribution in [2.45, 2.75) is 98.9 Å². The summed E-state index contributed by atoms with van der Waals surface area (Å²) in [6.07, 6.45) is 5.74. The fourth-order valence-corrected chi connectivity index (χ4v) is 25.0. The van der Waals surface area contributed by atoms with Gasteiger partial charge in [-0.2, -0.15) is 0 Å². The first kappa shape index (κ1) is 33.9. The minimum absolute atomic E-state index is 0. The maximum atomic E-state index is 2.87. The molecule has 0 heterocycles. The molecule has 206 valence electrons. The van der Waals surface area contributed by atoms with Crippen LogP contribution < -0.4 is 24.8 Å². The maximum Gasteiger partial charge on any atom is -1.00 e. The third kappa shape index (κ3) is 5.58. The molecule has 38 heavy (non-hydrogen) atoms. The third-order valence-corrected chi connectivity index (χ3v) is 30.0. The first-order chi connectivity index (χ1) is 17.4. The van der Waals surface area contributed by atoms with E-state index in [2.05, 4.69) is 116 Å². The Hall–Kier alpha value is -0.313. The number of halogens is 2. The second-order valence-corrected chi connectivity index (χ2v) is 29.6. The van der Waals surface area contributed by atoms with Crippen molar-refractivity contribution >= 4 is 29.7 Å². The van der Waals surface area contributed by atoms with Crippen molar-refractivity contribution in [2.24, 2.45) is 0 Å². The first-order valence-electron chi connectivity index (χ1n) is 14.7. The minimum atomic E-state index is -2.15. The molecule has 2 aromatic carbocycles. The van der Waals surface area contributed by atoms with Crippen LogP contribution in [0.15, 0.2) is 60.7 Å². The van der Waals surface area contributed by atoms with Gasteiger partial charge in [0.15, 0.2) is 0 Å². The Labute approximate surface area is 255 Å². The SMILES string of the molecule is CC[Si](CC)(CC)C1=C[CH]([Zr+2](=[C](C)C)[CH]2C=C([Si](CC)(CC)CC)c3ccccc32)c2ccccc21.[Cl-].[Cl-]. The van der Waals surface area contributed by atoms with E-state index in [0.29, 0.717) is 7.25 Å². The smallest absolute Gasteiger partial charge is 1.00 e. The summed E-state index contributed by atoms with van der Waals surface area (Å²) in [4.78, 5) is 0. The second kappa shape index (κ2) is 14.0. The van der Waals surface area contributed by atoms with Crippen LogP contribution in [-0.2, 0) is 21.3 Å². The summed E-state index contributed by atoms with van der Waals surface area (Å²) in [5, 5.41) is 3.62. The molecule has 0 saturated carbocycles. The number of hydrogen-bond donors (Lipinski definition) is 0. The number of fused-ring (bicyclic) bond motifs is 2. The van der Waals surface area contributed by atoms with E-state index >= 15 is 0 Å². The maximum absolute atomic E-state index is 2.87. The molecule has 0 N–H and O–H groups in total. The Morgan fingerprint density at radius 2 is 0.895 bits per heavy atom. The van der Waals surface area contributed by atoms with Crippen molar-refractivity contribution in [3.05, 3.63) is 82.9 Å². The van der Waals surface area contributed by atoms with Crippen LogP contribution in [0, 0.1) is 0 Å². The monoisotopic (exact) mass is 660 g/mol. The average Bonchev–Trinajstić information content (AvgIpc) is 3.48. The molecule has 2 atom stereocenters. The van der Waals surface area contributed by atoms with Gasteiger partial charge in [0.25, 0.3) is 0 Å². The van der Waals surface area contributed by atoms with E-state index in [1.54, 1.807) is 25.5 Å². The third-order valence-electron chi connectivity index (χ3n) is 10.3. The summed E-state index contributed by atoms with van der Waals surface area (Å²) in [6.45, 7) is 19.8. The molecule has 2 aliphatic carbocycles. The zero-order valence-corrected chi connectivity index (χ0v) is 30.9. The van der Waals surface area contributed by atoms with Gasteiger partial charge in [-0.25, -0.2) is 0 Å². The minimum Gasteiger partial charge on any atom is -1.00 e. The van der Waals surface area contributed by atoms with Gasteiger partial charge in [-0.15, -0.1) is 0 Å². The van der Waals surface area contributed by atoms with Crippen molar-refractivity contribution in [1.29, 1.82) is 0 Å². The summed E-state index contributed by atoms with van der Waals surface area (Å²) < 4.78 is 3.13. The molecular formula is C33H48Cl2Si2Zr. The second-order valence-electron chi connectivity index (χ2n) is 11.4. The van der Waals surface area contributed by atoms with Crippen LogP contribution in [0.2, 0.25) is 36.3 Å². The molecule has 0 amide bonds. The Morgan fingerprint density at radius 1 is 0.579 bits per heavy atom. The van der Waals surface area contributed by atoms with Gasteiger partial charge in [0.2, 0.25) is 0 Å². The summed E-state index contributed by atoms with van der Waals surface area (Å²) in [5.74, 6) is 0. The molecule has 0 aromatic heterocycles. The number of hydrogen-bond acceptors (Lipinski definition) is 0. The Bertz CT molecular complexity index is 1100. The van der Waals surface area contributed by atoms with Gasteiger partial charge in [0, 0.05) is 0 Å². The molecule has 2 aliphatic rings. The van der Waals surface area contributed by atoms with E-state index in [9.17, 15) is 0 Å². The molecule has 4 rings (SSSR count). The molecule has 2 aromatic rings. The van der Waals surface area contributed by atoms with Gasteiger partial charge < -0.3 is 24.8 Å². The van der Waals surface area contributed by atoms with E-state index < -0.39 is 37.4 Å². The summed E-state index contributed by atoms with van der Waals surface area (Å²) in [5.41, 5.74) is 6.63. The Balaban J connectivity index is 0.00000253. The van der Waals surface area contributed by atoms with Crippen LogP contribution in [-0.4, -0.2) is 19.4 Å². The molecule has 0 bridgehead atoms. The van der Waals surface area contributed by atoms with Crippen LogP contribution in [0.5, 0.6) is 0 Å². The molecular weight excluding hydrogens is 615 g/mol. The van der Waals surface area contributed by atoms with Gasteiger partial charge in [-0.05, 0) is 0 Å². The van der Waals surface area contributed by atoms with Gasteiger partial charge in [0.05, 0.1) is 0 Å². The summed E-state index contributed by atoms with van der Waals surface area (Å²) >= 11 is -2.15. The summed E-state index contributed by atoms with van der Waals surface area (Å²) in [7, 11) is -2.91. The standard InChI is InChI=1S/2C15H21Si.C3H6.2ClH.Zr/c2*1-4-16(5-2,6-3)15-12-11-13-9-7-8-10-14(13)15;1-3-2;;;/h2*7-12H,4-6H2,1-3H3;1-2H3;2*1H;/q;;;;;+2/p-2. The molecule has 0 saturated heterocycles. The van der Waals surface area contributed by atoms with E-state index in [0.717, 1.165) is 0 Å². The molecule has 5 heteroatoms. The average molecular weight is 663 g/mol. The van der Waals surface area contributed by atoms with Crippen molar-refractivity contribution in [3.63, 3.8) is 0 Å². The quantitative estimate of drug-likeness (QED) is 0.335. The van der Waals surface area contributed by atoms with E-state index in [1.807, 2.05) is 10.4 Å². The number of benzene rings is 2. The van der Waals surface area contributed by atoms with Gasteiger partial charge in [-0.3, -0.25) is 0 Å². The van der Waals surface area contributed by atoms with Crippen molar-refractivity contribution < 1.29 is 46.1 Å². The molecule has 0 aliphatic heterocycles. The van der Waals surface area contributed by atoms with E-state index in [-0.39, 0.29) is 24.8 Å². The van der Waals surface area contributed by atoms with Gasteiger partial charge in [0.1, 0.15) is 0 Å². The number of rotatable bonds is 10. The van der Waals surface area contributed by atoms with Crippen molar-refractivity contribution in [2.75, 3.05) is 0 Å². The predicted octanol–water partition coefficient (Wildman–Crippen LogP) is 4.20. The first-order valence-corrected chi connectivity index (χ1v) is 24.0. The predicted molar refractivity (Wildman–Crippen MR) is 165 cm³/mol. The van der Waals surface area contributed by atoms with Crippen molar-refractivity contribution in [1.82, 2.24) is 0 Å². The normalized spacial score (nSPS) is 17.8. The number of allylic oxidation sites excluding steroid dienone is 2. The fourth-order valence-electron chi connectivity index (χ4n) is 7.62. The largest absolute Gasteiger partial charge is 1.00 e. The van der Waals surface area contributed by atoms with Crippen LogP contribution in [0.25, 0.3) is 10.4 Å². The molecule has 0 fully saturated rings. The zero-order valence-electron chi connectivity index (χ0n) is 24.9. The van der Waals surface area contributed by atoms with E-state index in [4.69, 9.17) is 0 Å². The molecule has 0 nitrogen and oxygen atoms in total.